The number of anilines is 1. The van der Waals surface area contributed by atoms with E-state index in [1.165, 1.54) is 6.07 Å². The van der Waals surface area contributed by atoms with Crippen molar-refractivity contribution in [1.29, 1.82) is 0 Å². The molecule has 0 spiro atoms. The van der Waals surface area contributed by atoms with Crippen LogP contribution in [0.4, 0.5) is 19.0 Å². The zero-order chi connectivity index (χ0) is 15.2. The fourth-order valence-corrected chi connectivity index (χ4v) is 1.74. The molecule has 1 unspecified atom stereocenters. The lowest BCUT2D eigenvalue weighted by Crippen LogP contribution is -2.16. The average molecular weight is 291 g/mol. The summed E-state index contributed by atoms with van der Waals surface area (Å²) in [5.74, 6) is -1.33. The molecule has 0 radical (unpaired) electrons. The molecule has 0 saturated heterocycles. The molecule has 0 amide bonds. The van der Waals surface area contributed by atoms with Crippen molar-refractivity contribution < 1.29 is 17.9 Å². The van der Waals surface area contributed by atoms with Crippen LogP contribution in [0.2, 0.25) is 0 Å². The Hall–Kier alpha value is -1.53. The summed E-state index contributed by atoms with van der Waals surface area (Å²) in [5, 5.41) is 0. The van der Waals surface area contributed by atoms with Gasteiger partial charge < -0.3 is 10.5 Å². The first-order chi connectivity index (χ1) is 9.36. The molecule has 114 valence electrons. The topological polar surface area (TPSA) is 61.0 Å². The summed E-state index contributed by atoms with van der Waals surface area (Å²) in [6.07, 6.45) is -0.580. The Kier molecular flexibility index (Phi) is 6.04. The van der Waals surface area contributed by atoms with Crippen molar-refractivity contribution in [2.75, 3.05) is 12.3 Å². The number of aromatic nitrogens is 2. The lowest BCUT2D eigenvalue weighted by atomic mass is 10.0. The number of hydrogen-bond acceptors (Lipinski definition) is 4. The number of rotatable bonds is 7. The monoisotopic (exact) mass is 291 g/mol. The van der Waals surface area contributed by atoms with E-state index in [1.54, 1.807) is 0 Å². The highest BCUT2D eigenvalue weighted by molar-refractivity contribution is 5.33. The first-order valence-corrected chi connectivity index (χ1v) is 6.71. The normalized spacial score (nSPS) is 13.2. The number of hydrogen-bond donors (Lipinski definition) is 1. The number of alkyl halides is 3. The van der Waals surface area contributed by atoms with E-state index in [9.17, 15) is 13.2 Å². The maximum atomic E-state index is 12.5. The summed E-state index contributed by atoms with van der Waals surface area (Å²) in [6, 6.07) is 1.21. The molecule has 7 heteroatoms. The number of nitrogens with two attached hydrogens (primary N) is 1. The molecule has 0 fully saturated rings. The van der Waals surface area contributed by atoms with Crippen LogP contribution in [-0.2, 0) is 6.18 Å². The molecule has 0 aliphatic carbocycles. The van der Waals surface area contributed by atoms with Gasteiger partial charge in [-0.1, -0.05) is 33.1 Å². The van der Waals surface area contributed by atoms with Crippen LogP contribution in [0.25, 0.3) is 0 Å². The molecule has 4 nitrogen and oxygen atoms in total. The van der Waals surface area contributed by atoms with E-state index in [4.69, 9.17) is 10.5 Å². The molecule has 0 aromatic carbocycles. The van der Waals surface area contributed by atoms with Gasteiger partial charge in [0.05, 0.1) is 6.61 Å². The smallest absolute Gasteiger partial charge is 0.451 e. The molecule has 1 rings (SSSR count). The number of halogens is 3. The predicted molar refractivity (Wildman–Crippen MR) is 70.2 cm³/mol. The second-order valence-corrected chi connectivity index (χ2v) is 4.68. The SMILES string of the molecule is CCCCC(CC)COc1cc(N)nc(C(F)(F)F)n1. The van der Waals surface area contributed by atoms with E-state index in [-0.39, 0.29) is 11.7 Å². The summed E-state index contributed by atoms with van der Waals surface area (Å²) < 4.78 is 43.0. The van der Waals surface area contributed by atoms with Crippen molar-refractivity contribution in [2.45, 2.75) is 45.7 Å². The molecule has 1 aromatic heterocycles. The molecule has 0 saturated carbocycles. The van der Waals surface area contributed by atoms with Gasteiger partial charge in [-0.2, -0.15) is 18.2 Å². The molecule has 0 aliphatic heterocycles. The van der Waals surface area contributed by atoms with Gasteiger partial charge in [-0.15, -0.1) is 0 Å². The van der Waals surface area contributed by atoms with Crippen LogP contribution in [0.1, 0.15) is 45.4 Å². The van der Waals surface area contributed by atoms with Crippen LogP contribution in [0, 0.1) is 5.92 Å². The zero-order valence-corrected chi connectivity index (χ0v) is 11.7. The zero-order valence-electron chi connectivity index (χ0n) is 11.7. The Morgan fingerprint density at radius 1 is 1.30 bits per heavy atom. The fraction of sp³-hybridized carbons (Fsp3) is 0.692. The third kappa shape index (κ3) is 5.22. The van der Waals surface area contributed by atoms with Gasteiger partial charge in [0.2, 0.25) is 11.7 Å². The quantitative estimate of drug-likeness (QED) is 0.832. The molecule has 2 N–H and O–H groups in total. The Labute approximate surface area is 116 Å². The Bertz CT molecular complexity index is 424. The molecule has 1 heterocycles. The molecule has 20 heavy (non-hydrogen) atoms. The summed E-state index contributed by atoms with van der Waals surface area (Å²) >= 11 is 0. The van der Waals surface area contributed by atoms with E-state index < -0.39 is 12.0 Å². The summed E-state index contributed by atoms with van der Waals surface area (Å²) in [4.78, 5) is 6.52. The number of unbranched alkanes of at least 4 members (excludes halogenated alkanes) is 1. The maximum Gasteiger partial charge on any atom is 0.451 e. The highest BCUT2D eigenvalue weighted by Crippen LogP contribution is 2.28. The van der Waals surface area contributed by atoms with E-state index >= 15 is 0 Å². The van der Waals surface area contributed by atoms with Crippen LogP contribution >= 0.6 is 0 Å². The van der Waals surface area contributed by atoms with Crippen molar-refractivity contribution in [3.8, 4) is 5.88 Å². The minimum Gasteiger partial charge on any atom is -0.477 e. The number of nitrogen functional groups attached to an aromatic ring is 1. The molecular weight excluding hydrogens is 271 g/mol. The predicted octanol–water partition coefficient (Wildman–Crippen LogP) is 3.67. The van der Waals surface area contributed by atoms with E-state index in [0.717, 1.165) is 25.7 Å². The number of nitrogens with zero attached hydrogens (tertiary/aromatic N) is 2. The Morgan fingerprint density at radius 2 is 2.00 bits per heavy atom. The maximum absolute atomic E-state index is 12.5. The van der Waals surface area contributed by atoms with Gasteiger partial charge in [0.1, 0.15) is 5.82 Å². The largest absolute Gasteiger partial charge is 0.477 e. The summed E-state index contributed by atoms with van der Waals surface area (Å²) in [6.45, 7) is 4.46. The molecule has 1 atom stereocenters. The van der Waals surface area contributed by atoms with Crippen LogP contribution < -0.4 is 10.5 Å². The first-order valence-electron chi connectivity index (χ1n) is 6.71. The van der Waals surface area contributed by atoms with Crippen LogP contribution in [0.15, 0.2) is 6.07 Å². The highest BCUT2D eigenvalue weighted by Gasteiger charge is 2.35. The molecule has 0 bridgehead atoms. The second-order valence-electron chi connectivity index (χ2n) is 4.68. The van der Waals surface area contributed by atoms with Gasteiger partial charge in [0.25, 0.3) is 0 Å². The van der Waals surface area contributed by atoms with Gasteiger partial charge in [-0.25, -0.2) is 4.98 Å². The standard InChI is InChI=1S/C13H20F3N3O/c1-3-5-6-9(4-2)8-20-11-7-10(17)18-12(19-11)13(14,15)16/h7,9H,3-6,8H2,1-2H3,(H2,17,18,19). The minimum atomic E-state index is -4.63. The van der Waals surface area contributed by atoms with Gasteiger partial charge >= 0.3 is 6.18 Å². The van der Waals surface area contributed by atoms with Crippen molar-refractivity contribution >= 4 is 5.82 Å². The van der Waals surface area contributed by atoms with Crippen molar-refractivity contribution in [3.05, 3.63) is 11.9 Å². The van der Waals surface area contributed by atoms with Gasteiger partial charge in [-0.3, -0.25) is 0 Å². The second kappa shape index (κ2) is 7.31. The third-order valence-electron chi connectivity index (χ3n) is 2.99. The summed E-state index contributed by atoms with van der Waals surface area (Å²) in [7, 11) is 0. The summed E-state index contributed by atoms with van der Waals surface area (Å²) in [5.41, 5.74) is 5.34. The van der Waals surface area contributed by atoms with E-state index in [0.29, 0.717) is 12.5 Å². The van der Waals surface area contributed by atoms with Crippen LogP contribution in [0.3, 0.4) is 0 Å². The van der Waals surface area contributed by atoms with Gasteiger partial charge in [0.15, 0.2) is 0 Å². The first kappa shape index (κ1) is 16.5. The molecule has 0 aliphatic rings. The average Bonchev–Trinajstić information content (AvgIpc) is 2.37. The number of ether oxygens (including phenoxy) is 1. The Balaban J connectivity index is 2.70. The van der Waals surface area contributed by atoms with Crippen LogP contribution in [0.5, 0.6) is 5.88 Å². The van der Waals surface area contributed by atoms with Crippen molar-refractivity contribution in [3.63, 3.8) is 0 Å². The molecule has 1 aromatic rings. The lowest BCUT2D eigenvalue weighted by Gasteiger charge is -2.15. The van der Waals surface area contributed by atoms with Crippen molar-refractivity contribution in [1.82, 2.24) is 9.97 Å². The van der Waals surface area contributed by atoms with Gasteiger partial charge in [-0.05, 0) is 12.3 Å². The van der Waals surface area contributed by atoms with E-state index in [1.807, 2.05) is 6.92 Å². The van der Waals surface area contributed by atoms with Gasteiger partial charge in [0, 0.05) is 6.07 Å². The van der Waals surface area contributed by atoms with Crippen molar-refractivity contribution in [2.24, 2.45) is 5.92 Å². The van der Waals surface area contributed by atoms with E-state index in [2.05, 4.69) is 16.9 Å². The fourth-order valence-electron chi connectivity index (χ4n) is 1.74. The lowest BCUT2D eigenvalue weighted by molar-refractivity contribution is -0.145. The minimum absolute atomic E-state index is 0.125. The Morgan fingerprint density at radius 3 is 2.55 bits per heavy atom. The highest BCUT2D eigenvalue weighted by atomic mass is 19.4. The third-order valence-corrected chi connectivity index (χ3v) is 2.99. The van der Waals surface area contributed by atoms with Crippen LogP contribution in [-0.4, -0.2) is 16.6 Å². The molecular formula is C13H20F3N3O.